The Hall–Kier alpha value is -1.12. The molecule has 19 heavy (non-hydrogen) atoms. The molecule has 0 aliphatic rings. The summed E-state index contributed by atoms with van der Waals surface area (Å²) in [5, 5.41) is 13.6. The van der Waals surface area contributed by atoms with Crippen LogP contribution in [0.4, 0.5) is 10.5 Å². The Balaban J connectivity index is 2.33. The van der Waals surface area contributed by atoms with Crippen LogP contribution in [0.1, 0.15) is 0 Å². The molecule has 0 saturated heterocycles. The Kier molecular flexibility index (Phi) is 6.82. The lowest BCUT2D eigenvalue weighted by molar-refractivity contribution is -0.142. The average Bonchev–Trinajstić information content (AvgIpc) is 2.33. The van der Waals surface area contributed by atoms with Crippen molar-refractivity contribution < 1.29 is 19.4 Å². The van der Waals surface area contributed by atoms with Crippen LogP contribution in [0, 0.1) is 0 Å². The number of urea groups is 1. The van der Waals surface area contributed by atoms with Crippen molar-refractivity contribution >= 4 is 49.5 Å². The summed E-state index contributed by atoms with van der Waals surface area (Å²) >= 11 is 6.64. The maximum atomic E-state index is 11.6. The van der Waals surface area contributed by atoms with E-state index in [0.717, 1.165) is 8.95 Å². The smallest absolute Gasteiger partial charge is 0.329 e. The fourth-order valence-corrected chi connectivity index (χ4v) is 2.37. The van der Waals surface area contributed by atoms with E-state index in [1.807, 2.05) is 6.07 Å². The van der Waals surface area contributed by atoms with Crippen LogP contribution in [0.2, 0.25) is 0 Å². The lowest BCUT2D eigenvalue weighted by atomic mass is 10.3. The van der Waals surface area contributed by atoms with E-state index >= 15 is 0 Å². The van der Waals surface area contributed by atoms with Crippen LogP contribution >= 0.6 is 31.9 Å². The number of amides is 2. The van der Waals surface area contributed by atoms with Gasteiger partial charge in [-0.2, -0.15) is 0 Å². The van der Waals surface area contributed by atoms with Gasteiger partial charge >= 0.3 is 12.0 Å². The van der Waals surface area contributed by atoms with Crippen molar-refractivity contribution in [2.75, 3.05) is 25.1 Å². The molecule has 0 aliphatic heterocycles. The quantitative estimate of drug-likeness (QED) is 0.645. The molecule has 0 unspecified atom stereocenters. The van der Waals surface area contributed by atoms with Crippen LogP contribution in [-0.2, 0) is 9.53 Å². The molecule has 0 spiro atoms. The van der Waals surface area contributed by atoms with E-state index in [2.05, 4.69) is 42.5 Å². The summed E-state index contributed by atoms with van der Waals surface area (Å²) < 4.78 is 6.28. The number of aliphatic carboxylic acids is 1. The summed E-state index contributed by atoms with van der Waals surface area (Å²) in [6.45, 7) is -0.0168. The van der Waals surface area contributed by atoms with Crippen molar-refractivity contribution in [2.45, 2.75) is 0 Å². The van der Waals surface area contributed by atoms with E-state index in [1.165, 1.54) is 0 Å². The van der Waals surface area contributed by atoms with Crippen LogP contribution < -0.4 is 10.6 Å². The molecule has 1 rings (SSSR count). The highest BCUT2D eigenvalue weighted by Crippen LogP contribution is 2.30. The zero-order valence-corrected chi connectivity index (χ0v) is 13.0. The third-order valence-electron chi connectivity index (χ3n) is 1.96. The van der Waals surface area contributed by atoms with Gasteiger partial charge in [-0.15, -0.1) is 0 Å². The molecule has 1 aromatic rings. The molecule has 0 fully saturated rings. The summed E-state index contributed by atoms with van der Waals surface area (Å²) in [6, 6.07) is 5.04. The van der Waals surface area contributed by atoms with Gasteiger partial charge in [0.1, 0.15) is 6.61 Å². The average molecular weight is 396 g/mol. The fraction of sp³-hybridized carbons (Fsp3) is 0.273. The number of carbonyl (C=O) groups is 2. The van der Waals surface area contributed by atoms with E-state index in [4.69, 9.17) is 9.84 Å². The van der Waals surface area contributed by atoms with Gasteiger partial charge in [0, 0.05) is 15.5 Å². The predicted octanol–water partition coefficient (Wildman–Crippen LogP) is 2.43. The zero-order chi connectivity index (χ0) is 14.3. The molecule has 0 radical (unpaired) electrons. The molecule has 104 valence electrons. The minimum absolute atomic E-state index is 0.136. The lowest BCUT2D eigenvalue weighted by Crippen LogP contribution is -2.32. The van der Waals surface area contributed by atoms with Gasteiger partial charge in [-0.3, -0.25) is 0 Å². The van der Waals surface area contributed by atoms with Gasteiger partial charge in [0.15, 0.2) is 0 Å². The standard InChI is InChI=1S/C11H12Br2N2O4/c12-7-2-1-3-8(13)10(7)15-11(18)14-4-5-19-6-9(16)17/h1-3H,4-6H2,(H,16,17)(H2,14,15,18). The second kappa shape index (κ2) is 8.13. The zero-order valence-electron chi connectivity index (χ0n) is 9.78. The van der Waals surface area contributed by atoms with E-state index < -0.39 is 12.0 Å². The molecule has 1 aromatic carbocycles. The third-order valence-corrected chi connectivity index (χ3v) is 3.28. The largest absolute Gasteiger partial charge is 0.480 e. The summed E-state index contributed by atoms with van der Waals surface area (Å²) in [4.78, 5) is 21.8. The first-order chi connectivity index (χ1) is 9.00. The Morgan fingerprint density at radius 2 is 1.89 bits per heavy atom. The van der Waals surface area contributed by atoms with Crippen molar-refractivity contribution in [1.29, 1.82) is 0 Å². The Morgan fingerprint density at radius 1 is 1.26 bits per heavy atom. The Labute approximate surface area is 126 Å². The van der Waals surface area contributed by atoms with Crippen molar-refractivity contribution in [1.82, 2.24) is 5.32 Å². The molecule has 3 N–H and O–H groups in total. The van der Waals surface area contributed by atoms with Crippen molar-refractivity contribution in [3.05, 3.63) is 27.1 Å². The summed E-state index contributed by atoms with van der Waals surface area (Å²) in [7, 11) is 0. The molecule has 6 nitrogen and oxygen atoms in total. The molecule has 0 heterocycles. The number of nitrogens with one attached hydrogen (secondary N) is 2. The van der Waals surface area contributed by atoms with Crippen LogP contribution in [0.3, 0.4) is 0 Å². The minimum atomic E-state index is -1.04. The molecule has 0 aromatic heterocycles. The van der Waals surface area contributed by atoms with Crippen molar-refractivity contribution in [2.24, 2.45) is 0 Å². The van der Waals surface area contributed by atoms with E-state index in [-0.39, 0.29) is 19.8 Å². The number of anilines is 1. The molecule has 2 amide bonds. The van der Waals surface area contributed by atoms with Gasteiger partial charge < -0.3 is 20.5 Å². The first-order valence-corrected chi connectivity index (χ1v) is 6.87. The van der Waals surface area contributed by atoms with Crippen LogP contribution in [0.25, 0.3) is 0 Å². The number of carbonyl (C=O) groups excluding carboxylic acids is 1. The van der Waals surface area contributed by atoms with E-state index in [0.29, 0.717) is 5.69 Å². The monoisotopic (exact) mass is 394 g/mol. The minimum Gasteiger partial charge on any atom is -0.480 e. The van der Waals surface area contributed by atoms with Crippen LogP contribution in [-0.4, -0.2) is 36.9 Å². The second-order valence-electron chi connectivity index (χ2n) is 3.42. The first kappa shape index (κ1) is 15.9. The number of benzene rings is 1. The number of hydrogen-bond acceptors (Lipinski definition) is 3. The van der Waals surface area contributed by atoms with Gasteiger partial charge in [0.25, 0.3) is 0 Å². The summed E-state index contributed by atoms with van der Waals surface area (Å²) in [5.74, 6) is -1.04. The lowest BCUT2D eigenvalue weighted by Gasteiger charge is -2.10. The van der Waals surface area contributed by atoms with Gasteiger partial charge in [0.05, 0.1) is 12.3 Å². The summed E-state index contributed by atoms with van der Waals surface area (Å²) in [5.41, 5.74) is 0.617. The van der Waals surface area contributed by atoms with Crippen LogP contribution in [0.5, 0.6) is 0 Å². The van der Waals surface area contributed by atoms with E-state index in [1.54, 1.807) is 12.1 Å². The van der Waals surface area contributed by atoms with Crippen molar-refractivity contribution in [3.63, 3.8) is 0 Å². The number of carboxylic acid groups (broad SMARTS) is 1. The highest BCUT2D eigenvalue weighted by Gasteiger charge is 2.08. The topological polar surface area (TPSA) is 87.7 Å². The molecule has 0 bridgehead atoms. The first-order valence-electron chi connectivity index (χ1n) is 5.29. The predicted molar refractivity (Wildman–Crippen MR) is 77.3 cm³/mol. The number of hydrogen-bond donors (Lipinski definition) is 3. The second-order valence-corrected chi connectivity index (χ2v) is 5.13. The maximum Gasteiger partial charge on any atom is 0.329 e. The number of carboxylic acids is 1. The molecule has 0 saturated carbocycles. The maximum absolute atomic E-state index is 11.6. The van der Waals surface area contributed by atoms with Gasteiger partial charge in [0.2, 0.25) is 0 Å². The van der Waals surface area contributed by atoms with E-state index in [9.17, 15) is 9.59 Å². The van der Waals surface area contributed by atoms with Gasteiger partial charge in [-0.05, 0) is 44.0 Å². The third kappa shape index (κ3) is 6.04. The normalized spacial score (nSPS) is 10.0. The van der Waals surface area contributed by atoms with Crippen molar-refractivity contribution in [3.8, 4) is 0 Å². The van der Waals surface area contributed by atoms with Gasteiger partial charge in [-0.25, -0.2) is 9.59 Å². The molecular weight excluding hydrogens is 384 g/mol. The highest BCUT2D eigenvalue weighted by atomic mass is 79.9. The Morgan fingerprint density at radius 3 is 2.47 bits per heavy atom. The number of para-hydroxylation sites is 1. The Bertz CT molecular complexity index is 448. The molecule has 8 heteroatoms. The van der Waals surface area contributed by atoms with Crippen LogP contribution in [0.15, 0.2) is 27.1 Å². The number of ether oxygens (including phenoxy) is 1. The molecular formula is C11H12Br2N2O4. The SMILES string of the molecule is O=C(O)COCCNC(=O)Nc1c(Br)cccc1Br. The molecule has 0 aliphatic carbocycles. The number of rotatable bonds is 6. The summed E-state index contributed by atoms with van der Waals surface area (Å²) in [6.07, 6.45) is 0. The fourth-order valence-electron chi connectivity index (χ4n) is 1.17. The highest BCUT2D eigenvalue weighted by molar-refractivity contribution is 9.11. The van der Waals surface area contributed by atoms with Gasteiger partial charge in [-0.1, -0.05) is 6.07 Å². The number of halogens is 2. The molecule has 0 atom stereocenters.